The topological polar surface area (TPSA) is 44.4 Å². The maximum atomic E-state index is 11.4. The molecule has 2 rings (SSSR count). The Morgan fingerprint density at radius 2 is 2.05 bits per heavy atom. The molecule has 0 radical (unpaired) electrons. The van der Waals surface area contributed by atoms with Gasteiger partial charge >= 0.3 is 0 Å². The third-order valence-corrected chi connectivity index (χ3v) is 3.75. The molecule has 110 valence electrons. The van der Waals surface area contributed by atoms with Gasteiger partial charge in [-0.25, -0.2) is 0 Å². The van der Waals surface area contributed by atoms with Crippen molar-refractivity contribution in [3.05, 3.63) is 29.8 Å². The molecule has 0 aromatic heterocycles. The summed E-state index contributed by atoms with van der Waals surface area (Å²) in [5.74, 6) is 0.108. The predicted octanol–water partition coefficient (Wildman–Crippen LogP) is 2.07. The molecule has 0 spiro atoms. The number of nitrogens with zero attached hydrogens (tertiary/aromatic N) is 1. The average molecular weight is 275 g/mol. The zero-order valence-corrected chi connectivity index (χ0v) is 12.5. The van der Waals surface area contributed by atoms with E-state index >= 15 is 0 Å². The highest BCUT2D eigenvalue weighted by molar-refractivity contribution is 5.82. The van der Waals surface area contributed by atoms with Gasteiger partial charge in [-0.3, -0.25) is 4.79 Å². The van der Waals surface area contributed by atoms with E-state index < -0.39 is 0 Å². The van der Waals surface area contributed by atoms with Crippen LogP contribution < -0.4 is 15.5 Å². The van der Waals surface area contributed by atoms with Gasteiger partial charge in [0, 0.05) is 24.8 Å². The van der Waals surface area contributed by atoms with E-state index in [2.05, 4.69) is 53.6 Å². The molecule has 1 fully saturated rings. The highest BCUT2D eigenvalue weighted by atomic mass is 16.2. The summed E-state index contributed by atoms with van der Waals surface area (Å²) < 4.78 is 0. The van der Waals surface area contributed by atoms with Gasteiger partial charge in [-0.1, -0.05) is 26.0 Å². The van der Waals surface area contributed by atoms with E-state index in [4.69, 9.17) is 0 Å². The van der Waals surface area contributed by atoms with Crippen molar-refractivity contribution in [3.63, 3.8) is 0 Å². The number of hydrogen-bond acceptors (Lipinski definition) is 3. The van der Waals surface area contributed by atoms with Crippen LogP contribution in [0.4, 0.5) is 5.69 Å². The first-order chi connectivity index (χ1) is 9.74. The molecule has 1 aliphatic heterocycles. The Morgan fingerprint density at radius 1 is 1.30 bits per heavy atom. The Morgan fingerprint density at radius 3 is 2.65 bits per heavy atom. The number of benzene rings is 1. The molecule has 20 heavy (non-hydrogen) atoms. The van der Waals surface area contributed by atoms with Gasteiger partial charge in [0.2, 0.25) is 5.91 Å². The number of piperazine rings is 1. The fraction of sp³-hybridized carbons (Fsp3) is 0.562. The summed E-state index contributed by atoms with van der Waals surface area (Å²) in [7, 11) is 0. The summed E-state index contributed by atoms with van der Waals surface area (Å²) in [4.78, 5) is 13.6. The Balaban J connectivity index is 2.03. The molecule has 4 nitrogen and oxygen atoms in total. The Labute approximate surface area is 121 Å². The van der Waals surface area contributed by atoms with Crippen molar-refractivity contribution in [3.8, 4) is 0 Å². The van der Waals surface area contributed by atoms with E-state index in [9.17, 15) is 4.79 Å². The summed E-state index contributed by atoms with van der Waals surface area (Å²) in [6.45, 7) is 7.52. The number of amides is 1. The molecule has 2 N–H and O–H groups in total. The van der Waals surface area contributed by atoms with E-state index in [1.165, 1.54) is 5.56 Å². The lowest BCUT2D eigenvalue weighted by Gasteiger charge is -2.29. The largest absolute Gasteiger partial charge is 0.360 e. The summed E-state index contributed by atoms with van der Waals surface area (Å²) in [6.07, 6.45) is 2.24. The van der Waals surface area contributed by atoms with Crippen LogP contribution in [-0.4, -0.2) is 32.1 Å². The van der Waals surface area contributed by atoms with Crippen LogP contribution in [0.3, 0.4) is 0 Å². The van der Waals surface area contributed by atoms with Crippen molar-refractivity contribution in [2.45, 2.75) is 32.7 Å². The smallest absolute Gasteiger partial charge is 0.239 e. The van der Waals surface area contributed by atoms with Crippen LogP contribution in [0.15, 0.2) is 24.3 Å². The molecule has 0 bridgehead atoms. The first-order valence-electron chi connectivity index (χ1n) is 7.59. The van der Waals surface area contributed by atoms with Crippen LogP contribution in [-0.2, 0) is 4.79 Å². The molecule has 4 heteroatoms. The molecular weight excluding hydrogens is 250 g/mol. The van der Waals surface area contributed by atoms with Crippen molar-refractivity contribution in [2.24, 2.45) is 0 Å². The lowest BCUT2D eigenvalue weighted by molar-refractivity contribution is -0.120. The van der Waals surface area contributed by atoms with Crippen molar-refractivity contribution in [1.29, 1.82) is 0 Å². The second-order valence-corrected chi connectivity index (χ2v) is 5.28. The molecule has 1 heterocycles. The molecule has 1 aliphatic rings. The standard InChI is InChI=1S/C16H25N3O/c1-3-9-17-15(4-2)13-5-7-14(8-6-13)19-11-10-18-16(20)12-19/h5-8,15,17H,3-4,9-12H2,1-2H3,(H,18,20). The number of hydrogen-bond donors (Lipinski definition) is 2. The minimum atomic E-state index is 0.108. The second-order valence-electron chi connectivity index (χ2n) is 5.28. The monoisotopic (exact) mass is 275 g/mol. The van der Waals surface area contributed by atoms with Crippen molar-refractivity contribution >= 4 is 11.6 Å². The number of rotatable bonds is 6. The van der Waals surface area contributed by atoms with E-state index in [1.807, 2.05) is 0 Å². The first-order valence-corrected chi connectivity index (χ1v) is 7.59. The maximum absolute atomic E-state index is 11.4. The lowest BCUT2D eigenvalue weighted by atomic mass is 10.0. The summed E-state index contributed by atoms with van der Waals surface area (Å²) in [5.41, 5.74) is 2.46. The van der Waals surface area contributed by atoms with Gasteiger partial charge in [0.1, 0.15) is 0 Å². The normalized spacial score (nSPS) is 16.9. The molecule has 1 amide bonds. The van der Waals surface area contributed by atoms with Crippen LogP contribution >= 0.6 is 0 Å². The molecule has 0 aliphatic carbocycles. The van der Waals surface area contributed by atoms with Crippen molar-refractivity contribution in [1.82, 2.24) is 10.6 Å². The van der Waals surface area contributed by atoms with Gasteiger partial charge < -0.3 is 15.5 Å². The fourth-order valence-corrected chi connectivity index (χ4v) is 2.59. The molecule has 1 aromatic rings. The van der Waals surface area contributed by atoms with E-state index in [-0.39, 0.29) is 5.91 Å². The van der Waals surface area contributed by atoms with Crippen molar-refractivity contribution < 1.29 is 4.79 Å². The fourth-order valence-electron chi connectivity index (χ4n) is 2.59. The molecule has 0 saturated carbocycles. The summed E-state index contributed by atoms with van der Waals surface area (Å²) in [6, 6.07) is 9.04. The van der Waals surface area contributed by atoms with Gasteiger partial charge in [-0.15, -0.1) is 0 Å². The zero-order valence-electron chi connectivity index (χ0n) is 12.5. The van der Waals surface area contributed by atoms with Gasteiger partial charge in [0.25, 0.3) is 0 Å². The molecule has 1 saturated heterocycles. The Kier molecular flexibility index (Phi) is 5.41. The van der Waals surface area contributed by atoms with Gasteiger partial charge in [-0.2, -0.15) is 0 Å². The second kappa shape index (κ2) is 7.29. The van der Waals surface area contributed by atoms with E-state index in [0.29, 0.717) is 12.6 Å². The summed E-state index contributed by atoms with van der Waals surface area (Å²) in [5, 5.41) is 6.42. The maximum Gasteiger partial charge on any atom is 0.239 e. The van der Waals surface area contributed by atoms with Gasteiger partial charge in [0.15, 0.2) is 0 Å². The third kappa shape index (κ3) is 3.73. The average Bonchev–Trinajstić information content (AvgIpc) is 2.49. The first kappa shape index (κ1) is 14.9. The Bertz CT molecular complexity index is 430. The highest BCUT2D eigenvalue weighted by Gasteiger charge is 2.16. The molecule has 1 atom stereocenters. The van der Waals surface area contributed by atoms with Crippen LogP contribution in [0.1, 0.15) is 38.3 Å². The number of carbonyl (C=O) groups is 1. The van der Waals surface area contributed by atoms with Crippen LogP contribution in [0.2, 0.25) is 0 Å². The quantitative estimate of drug-likeness (QED) is 0.835. The van der Waals surface area contributed by atoms with Crippen molar-refractivity contribution in [2.75, 3.05) is 31.1 Å². The third-order valence-electron chi connectivity index (χ3n) is 3.75. The molecular formula is C16H25N3O. The van der Waals surface area contributed by atoms with Gasteiger partial charge in [0.05, 0.1) is 6.54 Å². The summed E-state index contributed by atoms with van der Waals surface area (Å²) >= 11 is 0. The lowest BCUT2D eigenvalue weighted by Crippen LogP contribution is -2.47. The molecule has 1 unspecified atom stereocenters. The zero-order chi connectivity index (χ0) is 14.4. The van der Waals surface area contributed by atoms with Crippen LogP contribution in [0.5, 0.6) is 0 Å². The SMILES string of the molecule is CCCNC(CC)c1ccc(N2CCNC(=O)C2)cc1. The Hall–Kier alpha value is -1.55. The minimum Gasteiger partial charge on any atom is -0.360 e. The number of anilines is 1. The minimum absolute atomic E-state index is 0.108. The highest BCUT2D eigenvalue weighted by Crippen LogP contribution is 2.21. The van der Waals surface area contributed by atoms with Crippen LogP contribution in [0.25, 0.3) is 0 Å². The van der Waals surface area contributed by atoms with E-state index in [0.717, 1.165) is 38.2 Å². The van der Waals surface area contributed by atoms with Crippen LogP contribution in [0, 0.1) is 0 Å². The number of carbonyl (C=O) groups excluding carboxylic acids is 1. The van der Waals surface area contributed by atoms with Gasteiger partial charge in [-0.05, 0) is 37.1 Å². The van der Waals surface area contributed by atoms with E-state index in [1.54, 1.807) is 0 Å². The molecule has 1 aromatic carbocycles. The number of nitrogens with one attached hydrogen (secondary N) is 2. The predicted molar refractivity (Wildman–Crippen MR) is 83.0 cm³/mol.